The van der Waals surface area contributed by atoms with Crippen LogP contribution in [0.25, 0.3) is 0 Å². The van der Waals surface area contributed by atoms with Crippen LogP contribution in [0.15, 0.2) is 11.6 Å². The number of carbonyl (C=O) groups excluding carboxylic acids is 2. The summed E-state index contributed by atoms with van der Waals surface area (Å²) in [6.45, 7) is 2.03. The van der Waals surface area contributed by atoms with Gasteiger partial charge in [-0.3, -0.25) is 0 Å². The molecule has 15 heavy (non-hydrogen) atoms. The number of hydrogen-bond donors (Lipinski definition) is 0. The average molecular weight is 238 g/mol. The molecule has 0 heterocycles. The number of carboxylic acids is 2. The normalized spacial score (nSPS) is 10.6. The Labute approximate surface area is 119 Å². The van der Waals surface area contributed by atoms with E-state index in [1.54, 1.807) is 0 Å². The van der Waals surface area contributed by atoms with Crippen LogP contribution in [0.5, 0.6) is 0 Å². The number of rotatable bonds is 7. The minimum Gasteiger partial charge on any atom is -0.550 e. The Balaban J connectivity index is 0. The summed E-state index contributed by atoms with van der Waals surface area (Å²) in [6, 6.07) is 0. The van der Waals surface area contributed by atoms with Crippen LogP contribution in [0.2, 0.25) is 0 Å². The van der Waals surface area contributed by atoms with Crippen molar-refractivity contribution in [1.29, 1.82) is 0 Å². The van der Waals surface area contributed by atoms with E-state index in [1.165, 1.54) is 6.08 Å². The zero-order valence-electron chi connectivity index (χ0n) is 8.95. The fourth-order valence-electron chi connectivity index (χ4n) is 1.05. The van der Waals surface area contributed by atoms with E-state index in [4.69, 9.17) is 0 Å². The van der Waals surface area contributed by atoms with E-state index in [-0.39, 0.29) is 43.3 Å². The number of unbranched alkanes of at least 4 members (excludes halogenated alkanes) is 3. The van der Waals surface area contributed by atoms with Crippen molar-refractivity contribution in [3.8, 4) is 0 Å². The number of carbonyl (C=O) groups is 2. The molecular weight excluding hydrogens is 224 g/mol. The molecule has 0 aromatic carbocycles. The minimum absolute atomic E-state index is 0. The zero-order chi connectivity index (χ0) is 11.0. The van der Waals surface area contributed by atoms with Gasteiger partial charge in [0.2, 0.25) is 0 Å². The Morgan fingerprint density at radius 1 is 1.20 bits per heavy atom. The maximum Gasteiger partial charge on any atom is 2.00 e. The molecule has 5 heteroatoms. The van der Waals surface area contributed by atoms with Gasteiger partial charge in [-0.15, -0.1) is 0 Å². The Bertz CT molecular complexity index is 236. The largest absolute Gasteiger partial charge is 2.00 e. The van der Waals surface area contributed by atoms with Gasteiger partial charge in [-0.1, -0.05) is 25.8 Å². The first kappa shape index (κ1) is 17.3. The summed E-state index contributed by atoms with van der Waals surface area (Å²) in [7, 11) is 0. The first-order chi connectivity index (χ1) is 6.57. The molecular formula is C10H14CaO4. The van der Waals surface area contributed by atoms with Crippen LogP contribution in [0.1, 0.15) is 39.0 Å². The fourth-order valence-corrected chi connectivity index (χ4v) is 1.05. The number of allylic oxidation sites excluding steroid dienone is 1. The molecule has 0 N–H and O–H groups in total. The standard InChI is InChI=1S/C10H16O4.Ca/c1-2-3-4-5-6-8(10(13)14)7-9(11)12;/h6H,2-5,7H2,1H3,(H,11,12)(H,13,14);/q;+2/p-2/b8-6+;. The summed E-state index contributed by atoms with van der Waals surface area (Å²) >= 11 is 0. The smallest absolute Gasteiger partial charge is 0.550 e. The molecule has 0 radical (unpaired) electrons. The van der Waals surface area contributed by atoms with Gasteiger partial charge in [0.15, 0.2) is 0 Å². The molecule has 4 nitrogen and oxygen atoms in total. The quantitative estimate of drug-likeness (QED) is 0.324. The zero-order valence-corrected chi connectivity index (χ0v) is 11.2. The fraction of sp³-hybridized carbons (Fsp3) is 0.600. The molecule has 0 aliphatic rings. The van der Waals surface area contributed by atoms with Gasteiger partial charge in [-0.2, -0.15) is 0 Å². The molecule has 0 rings (SSSR count). The summed E-state index contributed by atoms with van der Waals surface area (Å²) in [5, 5.41) is 20.6. The number of hydrogen-bond acceptors (Lipinski definition) is 4. The van der Waals surface area contributed by atoms with Gasteiger partial charge in [0.05, 0.1) is 5.97 Å². The van der Waals surface area contributed by atoms with Crippen molar-refractivity contribution >= 4 is 49.7 Å². The van der Waals surface area contributed by atoms with Crippen LogP contribution in [-0.4, -0.2) is 49.7 Å². The van der Waals surface area contributed by atoms with Gasteiger partial charge in [-0.05, 0) is 18.4 Å². The van der Waals surface area contributed by atoms with Crippen molar-refractivity contribution in [2.24, 2.45) is 0 Å². The van der Waals surface area contributed by atoms with E-state index in [9.17, 15) is 19.8 Å². The van der Waals surface area contributed by atoms with Crippen LogP contribution < -0.4 is 10.2 Å². The summed E-state index contributed by atoms with van der Waals surface area (Å²) < 4.78 is 0. The third-order valence-electron chi connectivity index (χ3n) is 1.80. The summed E-state index contributed by atoms with van der Waals surface area (Å²) in [5.74, 6) is -2.82. The van der Waals surface area contributed by atoms with Gasteiger partial charge in [0, 0.05) is 12.4 Å². The van der Waals surface area contributed by atoms with Crippen molar-refractivity contribution in [3.05, 3.63) is 11.6 Å². The van der Waals surface area contributed by atoms with E-state index in [0.29, 0.717) is 6.42 Å². The van der Waals surface area contributed by atoms with E-state index in [0.717, 1.165) is 19.3 Å². The molecule has 0 fully saturated rings. The van der Waals surface area contributed by atoms with E-state index >= 15 is 0 Å². The molecule has 0 aliphatic carbocycles. The molecule has 0 aromatic heterocycles. The van der Waals surface area contributed by atoms with Crippen molar-refractivity contribution in [2.75, 3.05) is 0 Å². The minimum atomic E-state index is -1.43. The van der Waals surface area contributed by atoms with Crippen LogP contribution >= 0.6 is 0 Å². The van der Waals surface area contributed by atoms with Crippen molar-refractivity contribution in [1.82, 2.24) is 0 Å². The Morgan fingerprint density at radius 2 is 1.80 bits per heavy atom. The number of aliphatic carboxylic acids is 2. The first-order valence-electron chi connectivity index (χ1n) is 4.68. The number of carboxylic acid groups (broad SMARTS) is 2. The molecule has 0 aliphatic heterocycles. The second-order valence-corrected chi connectivity index (χ2v) is 3.06. The summed E-state index contributed by atoms with van der Waals surface area (Å²) in [6.07, 6.45) is 4.30. The van der Waals surface area contributed by atoms with E-state index in [2.05, 4.69) is 0 Å². The molecule has 0 aromatic rings. The molecule has 0 amide bonds. The van der Waals surface area contributed by atoms with Crippen LogP contribution in [0.3, 0.4) is 0 Å². The van der Waals surface area contributed by atoms with Crippen LogP contribution in [0.4, 0.5) is 0 Å². The predicted molar refractivity (Wildman–Crippen MR) is 52.6 cm³/mol. The Kier molecular flexibility index (Phi) is 12.1. The monoisotopic (exact) mass is 238 g/mol. The van der Waals surface area contributed by atoms with Crippen LogP contribution in [-0.2, 0) is 9.59 Å². The Hall–Kier alpha value is -0.0603. The SMILES string of the molecule is CCCCC/C=C(\CC(=O)[O-])C(=O)[O-].[Ca+2]. The van der Waals surface area contributed by atoms with E-state index in [1.807, 2.05) is 6.92 Å². The van der Waals surface area contributed by atoms with Crippen LogP contribution in [0, 0.1) is 0 Å². The van der Waals surface area contributed by atoms with Gasteiger partial charge in [0.25, 0.3) is 0 Å². The first-order valence-corrected chi connectivity index (χ1v) is 4.68. The third-order valence-corrected chi connectivity index (χ3v) is 1.80. The maximum atomic E-state index is 10.4. The molecule has 0 saturated heterocycles. The molecule has 0 atom stereocenters. The molecule has 0 bridgehead atoms. The molecule has 80 valence electrons. The van der Waals surface area contributed by atoms with Crippen molar-refractivity contribution < 1.29 is 19.8 Å². The topological polar surface area (TPSA) is 80.3 Å². The van der Waals surface area contributed by atoms with E-state index < -0.39 is 18.4 Å². The van der Waals surface area contributed by atoms with Gasteiger partial charge >= 0.3 is 37.7 Å². The maximum absolute atomic E-state index is 10.4. The van der Waals surface area contributed by atoms with Gasteiger partial charge in [0.1, 0.15) is 0 Å². The van der Waals surface area contributed by atoms with Gasteiger partial charge in [-0.25, -0.2) is 0 Å². The second kappa shape index (κ2) is 10.5. The molecule has 0 spiro atoms. The average Bonchev–Trinajstić information content (AvgIpc) is 2.09. The summed E-state index contributed by atoms with van der Waals surface area (Å²) in [5.41, 5.74) is -0.193. The Morgan fingerprint density at radius 3 is 2.20 bits per heavy atom. The van der Waals surface area contributed by atoms with Gasteiger partial charge < -0.3 is 19.8 Å². The predicted octanol–water partition coefficient (Wildman–Crippen LogP) is -0.998. The van der Waals surface area contributed by atoms with Crippen molar-refractivity contribution in [2.45, 2.75) is 39.0 Å². The second-order valence-electron chi connectivity index (χ2n) is 3.06. The molecule has 0 saturated carbocycles. The third kappa shape index (κ3) is 10.2. The summed E-state index contributed by atoms with van der Waals surface area (Å²) in [4.78, 5) is 20.6. The van der Waals surface area contributed by atoms with Crippen molar-refractivity contribution in [3.63, 3.8) is 0 Å². The molecule has 0 unspecified atom stereocenters.